The van der Waals surface area contributed by atoms with Gasteiger partial charge in [0.05, 0.1) is 6.10 Å². The van der Waals surface area contributed by atoms with Crippen molar-refractivity contribution >= 4 is 0 Å². The van der Waals surface area contributed by atoms with Crippen molar-refractivity contribution in [1.82, 2.24) is 10.2 Å². The van der Waals surface area contributed by atoms with Crippen LogP contribution in [-0.2, 0) is 4.74 Å². The summed E-state index contributed by atoms with van der Waals surface area (Å²) < 4.78 is 5.86. The minimum Gasteiger partial charge on any atom is -0.377 e. The van der Waals surface area contributed by atoms with Crippen LogP contribution in [-0.4, -0.2) is 48.8 Å². The van der Waals surface area contributed by atoms with E-state index in [0.29, 0.717) is 17.7 Å². The molecule has 104 valence electrons. The molecule has 18 heavy (non-hydrogen) atoms. The molecule has 0 aromatic rings. The molecule has 0 spiro atoms. The summed E-state index contributed by atoms with van der Waals surface area (Å²) in [4.78, 5) is 2.76. The highest BCUT2D eigenvalue weighted by atomic mass is 16.5. The van der Waals surface area contributed by atoms with Gasteiger partial charge in [-0.2, -0.15) is 0 Å². The second kappa shape index (κ2) is 5.10. The van der Waals surface area contributed by atoms with E-state index >= 15 is 0 Å². The average molecular weight is 252 g/mol. The fraction of sp³-hybridized carbons (Fsp3) is 1.00. The molecule has 0 bridgehead atoms. The molecule has 1 aliphatic carbocycles. The van der Waals surface area contributed by atoms with Crippen LogP contribution < -0.4 is 5.32 Å². The van der Waals surface area contributed by atoms with Gasteiger partial charge in [0.15, 0.2) is 0 Å². The van der Waals surface area contributed by atoms with Crippen molar-refractivity contribution < 1.29 is 4.74 Å². The summed E-state index contributed by atoms with van der Waals surface area (Å²) in [5.41, 5.74) is 0.387. The van der Waals surface area contributed by atoms with Crippen molar-refractivity contribution in [2.24, 2.45) is 5.92 Å². The highest BCUT2D eigenvalue weighted by Crippen LogP contribution is 2.44. The fourth-order valence-electron chi connectivity index (χ4n) is 3.70. The lowest BCUT2D eigenvalue weighted by Crippen LogP contribution is -2.65. The molecule has 0 radical (unpaired) electrons. The predicted molar refractivity (Wildman–Crippen MR) is 73.8 cm³/mol. The van der Waals surface area contributed by atoms with E-state index in [-0.39, 0.29) is 0 Å². The van der Waals surface area contributed by atoms with Crippen LogP contribution in [0.25, 0.3) is 0 Å². The summed E-state index contributed by atoms with van der Waals surface area (Å²) in [6.45, 7) is 9.28. The van der Waals surface area contributed by atoms with E-state index in [2.05, 4.69) is 24.1 Å². The van der Waals surface area contributed by atoms with Crippen LogP contribution in [0.5, 0.6) is 0 Å². The molecule has 3 fully saturated rings. The Balaban J connectivity index is 1.67. The summed E-state index contributed by atoms with van der Waals surface area (Å²) in [5, 5.41) is 3.75. The van der Waals surface area contributed by atoms with Crippen LogP contribution in [0.4, 0.5) is 0 Å². The Morgan fingerprint density at radius 2 is 2.17 bits per heavy atom. The first-order chi connectivity index (χ1) is 8.72. The lowest BCUT2D eigenvalue weighted by atomic mass is 9.88. The third-order valence-electron chi connectivity index (χ3n) is 5.31. The third kappa shape index (κ3) is 2.45. The van der Waals surface area contributed by atoms with Crippen LogP contribution >= 0.6 is 0 Å². The maximum atomic E-state index is 5.86. The second-order valence-electron chi connectivity index (χ2n) is 6.66. The topological polar surface area (TPSA) is 24.5 Å². The SMILES string of the molecule is CCC1CN(CC2CCCO2)C(C)(C2CC2)CN1. The van der Waals surface area contributed by atoms with E-state index < -0.39 is 0 Å². The van der Waals surface area contributed by atoms with Crippen LogP contribution in [0.15, 0.2) is 0 Å². The van der Waals surface area contributed by atoms with Crippen molar-refractivity contribution in [1.29, 1.82) is 0 Å². The Morgan fingerprint density at radius 1 is 1.33 bits per heavy atom. The zero-order valence-electron chi connectivity index (χ0n) is 12.0. The molecule has 2 saturated heterocycles. The van der Waals surface area contributed by atoms with E-state index in [1.807, 2.05) is 0 Å². The maximum absolute atomic E-state index is 5.86. The van der Waals surface area contributed by atoms with E-state index in [4.69, 9.17) is 4.74 Å². The molecule has 3 atom stereocenters. The summed E-state index contributed by atoms with van der Waals surface area (Å²) in [6.07, 6.45) is 7.12. The largest absolute Gasteiger partial charge is 0.377 e. The zero-order chi connectivity index (χ0) is 12.6. The quantitative estimate of drug-likeness (QED) is 0.828. The van der Waals surface area contributed by atoms with Gasteiger partial charge in [-0.1, -0.05) is 6.92 Å². The molecule has 0 aromatic carbocycles. The molecule has 0 amide bonds. The van der Waals surface area contributed by atoms with E-state index in [1.54, 1.807) is 0 Å². The zero-order valence-corrected chi connectivity index (χ0v) is 12.0. The van der Waals surface area contributed by atoms with Gasteiger partial charge in [-0.15, -0.1) is 0 Å². The Kier molecular flexibility index (Phi) is 3.65. The maximum Gasteiger partial charge on any atom is 0.0703 e. The Hall–Kier alpha value is -0.120. The van der Waals surface area contributed by atoms with Crippen LogP contribution in [0, 0.1) is 5.92 Å². The molecule has 2 aliphatic heterocycles. The van der Waals surface area contributed by atoms with Gasteiger partial charge in [0.1, 0.15) is 0 Å². The van der Waals surface area contributed by atoms with Gasteiger partial charge in [-0.3, -0.25) is 4.90 Å². The summed E-state index contributed by atoms with van der Waals surface area (Å²) in [6, 6.07) is 0.679. The lowest BCUT2D eigenvalue weighted by Gasteiger charge is -2.49. The molecule has 3 aliphatic rings. The van der Waals surface area contributed by atoms with E-state index in [0.717, 1.165) is 19.1 Å². The van der Waals surface area contributed by atoms with Gasteiger partial charge in [-0.05, 0) is 44.9 Å². The standard InChI is InChI=1S/C15H28N2O/c1-3-13-9-17(10-14-5-4-8-18-14)15(2,11-16-13)12-6-7-12/h12-14,16H,3-11H2,1-2H3. The van der Waals surface area contributed by atoms with Crippen molar-refractivity contribution in [3.8, 4) is 0 Å². The molecule has 3 rings (SSSR count). The summed E-state index contributed by atoms with van der Waals surface area (Å²) in [5.74, 6) is 0.921. The van der Waals surface area contributed by atoms with Crippen molar-refractivity contribution in [2.75, 3.05) is 26.2 Å². The van der Waals surface area contributed by atoms with E-state index in [9.17, 15) is 0 Å². The van der Waals surface area contributed by atoms with Crippen LogP contribution in [0.3, 0.4) is 0 Å². The fourth-order valence-corrected chi connectivity index (χ4v) is 3.70. The Morgan fingerprint density at radius 3 is 2.78 bits per heavy atom. The lowest BCUT2D eigenvalue weighted by molar-refractivity contribution is -0.0110. The molecule has 3 heteroatoms. The molecule has 1 saturated carbocycles. The number of hydrogen-bond donors (Lipinski definition) is 1. The first-order valence-electron chi connectivity index (χ1n) is 7.82. The molecule has 0 aromatic heterocycles. The van der Waals surface area contributed by atoms with E-state index in [1.165, 1.54) is 45.2 Å². The van der Waals surface area contributed by atoms with Crippen molar-refractivity contribution in [2.45, 2.75) is 63.6 Å². The van der Waals surface area contributed by atoms with Gasteiger partial charge in [0.25, 0.3) is 0 Å². The van der Waals surface area contributed by atoms with Gasteiger partial charge in [-0.25, -0.2) is 0 Å². The molecule has 3 unspecified atom stereocenters. The highest BCUT2D eigenvalue weighted by molar-refractivity contribution is 5.05. The highest BCUT2D eigenvalue weighted by Gasteiger charge is 2.48. The van der Waals surface area contributed by atoms with Crippen molar-refractivity contribution in [3.63, 3.8) is 0 Å². The van der Waals surface area contributed by atoms with Gasteiger partial charge < -0.3 is 10.1 Å². The Labute approximate surface area is 111 Å². The van der Waals surface area contributed by atoms with Crippen molar-refractivity contribution in [3.05, 3.63) is 0 Å². The Bertz CT molecular complexity index is 286. The van der Waals surface area contributed by atoms with Crippen LogP contribution in [0.1, 0.15) is 46.0 Å². The minimum atomic E-state index is 0.387. The average Bonchev–Trinajstić information content (AvgIpc) is 3.12. The normalized spacial score (nSPS) is 42.3. The number of nitrogens with zero attached hydrogens (tertiary/aromatic N) is 1. The molecular formula is C15H28N2O. The smallest absolute Gasteiger partial charge is 0.0703 e. The van der Waals surface area contributed by atoms with Gasteiger partial charge in [0.2, 0.25) is 0 Å². The van der Waals surface area contributed by atoms with Gasteiger partial charge >= 0.3 is 0 Å². The minimum absolute atomic E-state index is 0.387. The summed E-state index contributed by atoms with van der Waals surface area (Å²) in [7, 11) is 0. The molecule has 2 heterocycles. The predicted octanol–water partition coefficient (Wildman–Crippen LogP) is 2.02. The number of hydrogen-bond acceptors (Lipinski definition) is 3. The monoisotopic (exact) mass is 252 g/mol. The number of nitrogens with one attached hydrogen (secondary N) is 1. The molecule has 1 N–H and O–H groups in total. The number of rotatable bonds is 4. The number of ether oxygens (including phenoxy) is 1. The van der Waals surface area contributed by atoms with Crippen LogP contribution in [0.2, 0.25) is 0 Å². The summed E-state index contributed by atoms with van der Waals surface area (Å²) >= 11 is 0. The third-order valence-corrected chi connectivity index (χ3v) is 5.31. The molecule has 3 nitrogen and oxygen atoms in total. The second-order valence-corrected chi connectivity index (χ2v) is 6.66. The first-order valence-corrected chi connectivity index (χ1v) is 7.82. The number of piperazine rings is 1. The van der Waals surface area contributed by atoms with Gasteiger partial charge in [0, 0.05) is 37.8 Å². The molecular weight excluding hydrogens is 224 g/mol. The first kappa shape index (κ1) is 12.9.